The second-order valence-corrected chi connectivity index (χ2v) is 9.25. The fraction of sp³-hybridized carbons (Fsp3) is 0.269. The molecule has 0 radical (unpaired) electrons. The van der Waals surface area contributed by atoms with Gasteiger partial charge in [0, 0.05) is 53.8 Å². The predicted molar refractivity (Wildman–Crippen MR) is 144 cm³/mol. The summed E-state index contributed by atoms with van der Waals surface area (Å²) in [5.74, 6) is 0.321. The molecule has 1 unspecified atom stereocenters. The van der Waals surface area contributed by atoms with E-state index in [4.69, 9.17) is 16.0 Å². The average molecular weight is 519 g/mol. The van der Waals surface area contributed by atoms with Crippen molar-refractivity contribution < 1.29 is 9.21 Å². The molecule has 4 aromatic heterocycles. The van der Waals surface area contributed by atoms with Crippen LogP contribution in [0.25, 0.3) is 33.6 Å². The number of fused-ring (bicyclic) bond motifs is 1. The Kier molecular flexibility index (Phi) is 6.91. The molecule has 0 aliphatic carbocycles. The number of nitrogens with zero attached hydrogens (tertiary/aromatic N) is 5. The van der Waals surface area contributed by atoms with Crippen molar-refractivity contribution in [3.63, 3.8) is 0 Å². The van der Waals surface area contributed by atoms with Crippen molar-refractivity contribution in [3.8, 4) is 22.6 Å². The normalized spacial score (nSPS) is 12.1. The van der Waals surface area contributed by atoms with Gasteiger partial charge in [-0.1, -0.05) is 37.0 Å². The first-order chi connectivity index (χ1) is 17.9. The molecule has 0 fully saturated rings. The molecule has 1 atom stereocenters. The van der Waals surface area contributed by atoms with Crippen LogP contribution in [0.4, 0.5) is 17.4 Å². The van der Waals surface area contributed by atoms with Crippen molar-refractivity contribution in [2.45, 2.75) is 33.1 Å². The standard InChI is InChI=1S/C26H27ClN8O2/c1-4-6-15(5-2)24(36)31-18-7-8-22(21(27)10-18)32-26-34-33-25(37-26)20-13-29-23-19(20)9-16(11-28-23)17-12-30-35(3)14-17/h7-15H,4-6H2,1-3H3,(H,28,29)(H,31,36)(H,32,34). The Hall–Kier alpha value is -4.18. The van der Waals surface area contributed by atoms with E-state index >= 15 is 0 Å². The number of halogens is 1. The second-order valence-electron chi connectivity index (χ2n) is 8.84. The summed E-state index contributed by atoms with van der Waals surface area (Å²) in [6.07, 6.45) is 9.91. The number of amides is 1. The zero-order valence-electron chi connectivity index (χ0n) is 20.7. The zero-order chi connectivity index (χ0) is 25.9. The Morgan fingerprint density at radius 3 is 2.78 bits per heavy atom. The molecule has 0 aliphatic heterocycles. The van der Waals surface area contributed by atoms with Crippen LogP contribution in [0, 0.1) is 5.92 Å². The number of carbonyl (C=O) groups excluding carboxylic acids is 1. The Morgan fingerprint density at radius 1 is 1.19 bits per heavy atom. The van der Waals surface area contributed by atoms with Gasteiger partial charge in [0.2, 0.25) is 5.91 Å². The molecule has 10 nitrogen and oxygen atoms in total. The minimum Gasteiger partial charge on any atom is -0.403 e. The van der Waals surface area contributed by atoms with E-state index in [0.717, 1.165) is 41.3 Å². The lowest BCUT2D eigenvalue weighted by Crippen LogP contribution is -2.22. The van der Waals surface area contributed by atoms with Crippen LogP contribution in [-0.2, 0) is 11.8 Å². The van der Waals surface area contributed by atoms with Gasteiger partial charge in [-0.15, -0.1) is 5.10 Å². The van der Waals surface area contributed by atoms with Crippen LogP contribution in [0.3, 0.4) is 0 Å². The van der Waals surface area contributed by atoms with Crippen molar-refractivity contribution >= 4 is 45.9 Å². The van der Waals surface area contributed by atoms with Crippen molar-refractivity contribution in [1.82, 2.24) is 29.9 Å². The summed E-state index contributed by atoms with van der Waals surface area (Å²) in [4.78, 5) is 20.2. The lowest BCUT2D eigenvalue weighted by atomic mass is 10.00. The van der Waals surface area contributed by atoms with E-state index in [0.29, 0.717) is 27.9 Å². The van der Waals surface area contributed by atoms with Crippen molar-refractivity contribution in [2.24, 2.45) is 13.0 Å². The zero-order valence-corrected chi connectivity index (χ0v) is 21.5. The van der Waals surface area contributed by atoms with Gasteiger partial charge in [-0.3, -0.25) is 9.48 Å². The van der Waals surface area contributed by atoms with Crippen LogP contribution in [-0.4, -0.2) is 35.9 Å². The number of hydrogen-bond donors (Lipinski definition) is 3. The summed E-state index contributed by atoms with van der Waals surface area (Å²) in [6.45, 7) is 4.09. The van der Waals surface area contributed by atoms with Gasteiger partial charge in [0.1, 0.15) is 5.65 Å². The van der Waals surface area contributed by atoms with E-state index in [2.05, 4.69) is 42.8 Å². The number of aryl methyl sites for hydroxylation is 1. The highest BCUT2D eigenvalue weighted by Gasteiger charge is 2.18. The molecule has 5 aromatic rings. The van der Waals surface area contributed by atoms with Crippen LogP contribution in [0.1, 0.15) is 33.1 Å². The third-order valence-electron chi connectivity index (χ3n) is 6.20. The molecular formula is C26H27ClN8O2. The Bertz CT molecular complexity index is 1550. The molecule has 190 valence electrons. The van der Waals surface area contributed by atoms with Gasteiger partial charge >= 0.3 is 6.01 Å². The summed E-state index contributed by atoms with van der Waals surface area (Å²) in [5.41, 5.74) is 4.54. The molecule has 37 heavy (non-hydrogen) atoms. The van der Waals surface area contributed by atoms with E-state index < -0.39 is 0 Å². The topological polar surface area (TPSA) is 127 Å². The number of aromatic nitrogens is 6. The summed E-state index contributed by atoms with van der Waals surface area (Å²) in [7, 11) is 1.87. The fourth-order valence-corrected chi connectivity index (χ4v) is 4.44. The lowest BCUT2D eigenvalue weighted by Gasteiger charge is -2.14. The van der Waals surface area contributed by atoms with Crippen molar-refractivity contribution in [1.29, 1.82) is 0 Å². The van der Waals surface area contributed by atoms with Crippen molar-refractivity contribution in [2.75, 3.05) is 10.6 Å². The SMILES string of the molecule is CCCC(CC)C(=O)Nc1ccc(Nc2nnc(-c3c[nH]c4ncc(-c5cnn(C)c5)cc34)o2)c(Cl)c1. The Balaban J connectivity index is 1.33. The van der Waals surface area contributed by atoms with Crippen LogP contribution in [0.5, 0.6) is 0 Å². The highest BCUT2D eigenvalue weighted by Crippen LogP contribution is 2.33. The number of pyridine rings is 1. The third kappa shape index (κ3) is 5.19. The minimum atomic E-state index is -0.0152. The average Bonchev–Trinajstić information content (AvgIpc) is 3.63. The Labute approximate surface area is 218 Å². The lowest BCUT2D eigenvalue weighted by molar-refractivity contribution is -0.120. The molecule has 1 amide bonds. The maximum absolute atomic E-state index is 12.5. The van der Waals surface area contributed by atoms with Gasteiger partial charge < -0.3 is 20.0 Å². The van der Waals surface area contributed by atoms with Gasteiger partial charge in [-0.25, -0.2) is 4.98 Å². The largest absolute Gasteiger partial charge is 0.403 e. The molecule has 0 aliphatic rings. The number of anilines is 3. The number of benzene rings is 1. The first kappa shape index (κ1) is 24.5. The van der Waals surface area contributed by atoms with Gasteiger partial charge in [0.05, 0.1) is 22.5 Å². The molecule has 1 aromatic carbocycles. The number of hydrogen-bond acceptors (Lipinski definition) is 7. The predicted octanol–water partition coefficient (Wildman–Crippen LogP) is 6.18. The molecule has 3 N–H and O–H groups in total. The van der Waals surface area contributed by atoms with Crippen LogP contribution in [0.15, 0.2) is 53.5 Å². The molecular weight excluding hydrogens is 492 g/mol. The van der Waals surface area contributed by atoms with Crippen LogP contribution < -0.4 is 10.6 Å². The molecule has 0 saturated carbocycles. The molecule has 0 saturated heterocycles. The van der Waals surface area contributed by atoms with Crippen LogP contribution in [0.2, 0.25) is 5.02 Å². The number of nitrogens with one attached hydrogen (secondary N) is 3. The highest BCUT2D eigenvalue weighted by atomic mass is 35.5. The highest BCUT2D eigenvalue weighted by molar-refractivity contribution is 6.33. The summed E-state index contributed by atoms with van der Waals surface area (Å²) < 4.78 is 7.63. The van der Waals surface area contributed by atoms with E-state index in [9.17, 15) is 4.79 Å². The van der Waals surface area contributed by atoms with Crippen molar-refractivity contribution in [3.05, 3.63) is 54.1 Å². The first-order valence-electron chi connectivity index (χ1n) is 12.1. The first-order valence-corrected chi connectivity index (χ1v) is 12.5. The number of H-pyrrole nitrogens is 1. The van der Waals surface area contributed by atoms with E-state index in [1.165, 1.54) is 0 Å². The van der Waals surface area contributed by atoms with Gasteiger partial charge in [-0.05, 0) is 37.1 Å². The summed E-state index contributed by atoms with van der Waals surface area (Å²) >= 11 is 6.48. The molecule has 4 heterocycles. The van der Waals surface area contributed by atoms with Gasteiger partial charge in [-0.2, -0.15) is 5.10 Å². The van der Waals surface area contributed by atoms with Gasteiger partial charge in [0.15, 0.2) is 0 Å². The van der Waals surface area contributed by atoms with Crippen LogP contribution >= 0.6 is 11.6 Å². The third-order valence-corrected chi connectivity index (χ3v) is 6.52. The smallest absolute Gasteiger partial charge is 0.320 e. The number of aromatic amines is 1. The quantitative estimate of drug-likeness (QED) is 0.213. The number of carbonyl (C=O) groups is 1. The molecule has 11 heteroatoms. The van der Waals surface area contributed by atoms with E-state index in [-0.39, 0.29) is 17.8 Å². The van der Waals surface area contributed by atoms with E-state index in [1.807, 2.05) is 26.2 Å². The molecule has 0 spiro atoms. The Morgan fingerprint density at radius 2 is 2.05 bits per heavy atom. The second kappa shape index (κ2) is 10.4. The van der Waals surface area contributed by atoms with Gasteiger partial charge in [0.25, 0.3) is 5.89 Å². The maximum atomic E-state index is 12.5. The van der Waals surface area contributed by atoms with E-state index in [1.54, 1.807) is 41.5 Å². The number of rotatable bonds is 9. The molecule has 5 rings (SSSR count). The summed E-state index contributed by atoms with van der Waals surface area (Å²) in [6, 6.07) is 7.44. The molecule has 0 bridgehead atoms. The minimum absolute atomic E-state index is 0.00238. The maximum Gasteiger partial charge on any atom is 0.320 e. The summed E-state index contributed by atoms with van der Waals surface area (Å²) in [5, 5.41) is 19.8. The fourth-order valence-electron chi connectivity index (χ4n) is 4.21. The monoisotopic (exact) mass is 518 g/mol.